The average molecular weight is 199 g/mol. The Labute approximate surface area is 85.6 Å². The maximum Gasteiger partial charge on any atom is 0.156 e. The lowest BCUT2D eigenvalue weighted by molar-refractivity contribution is 0.311. The second-order valence-corrected chi connectivity index (χ2v) is 4.16. The number of nitrogens with one attached hydrogen (secondary N) is 1. The molecule has 82 valence electrons. The largest absolute Gasteiger partial charge is 0.409 e. The lowest BCUT2D eigenvalue weighted by atomic mass is 9.89. The van der Waals surface area contributed by atoms with E-state index in [0.717, 1.165) is 12.5 Å². The molecule has 1 saturated carbocycles. The molecule has 14 heavy (non-hydrogen) atoms. The number of hydrogen-bond acceptors (Lipinski definition) is 3. The van der Waals surface area contributed by atoms with Gasteiger partial charge in [0.05, 0.1) is 6.04 Å². The normalized spacial score (nSPS) is 22.2. The van der Waals surface area contributed by atoms with Crippen LogP contribution in [0.15, 0.2) is 5.16 Å². The van der Waals surface area contributed by atoms with Crippen molar-refractivity contribution in [2.24, 2.45) is 16.8 Å². The number of nitrogens with zero attached hydrogens (tertiary/aromatic N) is 1. The molecule has 0 bridgehead atoms. The highest BCUT2D eigenvalue weighted by molar-refractivity contribution is 5.84. The third-order valence-electron chi connectivity index (χ3n) is 3.00. The Bertz CT molecular complexity index is 188. The summed E-state index contributed by atoms with van der Waals surface area (Å²) in [7, 11) is 0. The number of nitrogens with two attached hydrogens (primary N) is 1. The summed E-state index contributed by atoms with van der Waals surface area (Å²) < 4.78 is 0. The summed E-state index contributed by atoms with van der Waals surface area (Å²) >= 11 is 0. The van der Waals surface area contributed by atoms with Gasteiger partial charge < -0.3 is 16.3 Å². The molecular weight excluding hydrogens is 178 g/mol. The van der Waals surface area contributed by atoms with E-state index in [4.69, 9.17) is 10.9 Å². The van der Waals surface area contributed by atoms with Crippen LogP contribution in [0.2, 0.25) is 0 Å². The van der Waals surface area contributed by atoms with E-state index in [2.05, 4.69) is 10.5 Å². The van der Waals surface area contributed by atoms with E-state index in [1.807, 2.05) is 6.92 Å². The van der Waals surface area contributed by atoms with Crippen molar-refractivity contribution in [3.05, 3.63) is 0 Å². The Balaban J connectivity index is 2.18. The molecule has 0 aromatic rings. The highest BCUT2D eigenvalue weighted by Crippen LogP contribution is 2.22. The maximum absolute atomic E-state index is 8.47. The quantitative estimate of drug-likeness (QED) is 0.276. The van der Waals surface area contributed by atoms with Gasteiger partial charge in [0, 0.05) is 0 Å². The van der Waals surface area contributed by atoms with E-state index in [1.165, 1.54) is 32.1 Å². The van der Waals surface area contributed by atoms with Crippen molar-refractivity contribution < 1.29 is 5.21 Å². The van der Waals surface area contributed by atoms with Crippen molar-refractivity contribution in [3.63, 3.8) is 0 Å². The maximum atomic E-state index is 8.47. The number of rotatable bonds is 4. The molecular formula is C10H21N3O. The summed E-state index contributed by atoms with van der Waals surface area (Å²) in [5.74, 6) is 1.04. The van der Waals surface area contributed by atoms with Crippen LogP contribution < -0.4 is 11.1 Å². The minimum absolute atomic E-state index is 0.0260. The van der Waals surface area contributed by atoms with E-state index in [0.29, 0.717) is 0 Å². The molecule has 0 spiro atoms. The third-order valence-corrected chi connectivity index (χ3v) is 3.00. The van der Waals surface area contributed by atoms with Crippen molar-refractivity contribution in [2.75, 3.05) is 6.54 Å². The summed E-state index contributed by atoms with van der Waals surface area (Å²) in [4.78, 5) is 0. The SMILES string of the molecule is CC(NCC1CCCCC1)C(N)=NO. The molecule has 1 aliphatic rings. The third kappa shape index (κ3) is 3.54. The van der Waals surface area contributed by atoms with E-state index in [-0.39, 0.29) is 11.9 Å². The van der Waals surface area contributed by atoms with Gasteiger partial charge in [-0.3, -0.25) is 0 Å². The highest BCUT2D eigenvalue weighted by atomic mass is 16.4. The average Bonchev–Trinajstić information content (AvgIpc) is 2.26. The second-order valence-electron chi connectivity index (χ2n) is 4.16. The molecule has 0 aliphatic heterocycles. The van der Waals surface area contributed by atoms with Crippen LogP contribution in [0.25, 0.3) is 0 Å². The zero-order chi connectivity index (χ0) is 10.4. The summed E-state index contributed by atoms with van der Waals surface area (Å²) in [6.45, 7) is 2.90. The fourth-order valence-electron chi connectivity index (χ4n) is 1.93. The summed E-state index contributed by atoms with van der Waals surface area (Å²) in [6, 6.07) is -0.0260. The Morgan fingerprint density at radius 2 is 2.14 bits per heavy atom. The van der Waals surface area contributed by atoms with Crippen molar-refractivity contribution in [2.45, 2.75) is 45.1 Å². The molecule has 4 heteroatoms. The van der Waals surface area contributed by atoms with Crippen LogP contribution in [0, 0.1) is 5.92 Å². The Morgan fingerprint density at radius 1 is 1.50 bits per heavy atom. The minimum atomic E-state index is -0.0260. The highest BCUT2D eigenvalue weighted by Gasteiger charge is 2.15. The second kappa shape index (κ2) is 5.86. The molecule has 0 saturated heterocycles. The van der Waals surface area contributed by atoms with E-state index in [9.17, 15) is 0 Å². The summed E-state index contributed by atoms with van der Waals surface area (Å²) in [5.41, 5.74) is 5.47. The molecule has 0 aromatic carbocycles. The van der Waals surface area contributed by atoms with Gasteiger partial charge in [0.15, 0.2) is 5.84 Å². The summed E-state index contributed by atoms with van der Waals surface area (Å²) in [5, 5.41) is 14.7. The van der Waals surface area contributed by atoms with Crippen LogP contribution in [0.4, 0.5) is 0 Å². The zero-order valence-corrected chi connectivity index (χ0v) is 8.87. The lowest BCUT2D eigenvalue weighted by Crippen LogP contribution is -2.41. The van der Waals surface area contributed by atoms with Gasteiger partial charge >= 0.3 is 0 Å². The molecule has 0 radical (unpaired) electrons. The van der Waals surface area contributed by atoms with Gasteiger partial charge in [-0.05, 0) is 32.2 Å². The van der Waals surface area contributed by atoms with Crippen LogP contribution in [-0.2, 0) is 0 Å². The van der Waals surface area contributed by atoms with Crippen molar-refractivity contribution in [3.8, 4) is 0 Å². The van der Waals surface area contributed by atoms with Crippen molar-refractivity contribution in [1.29, 1.82) is 0 Å². The van der Waals surface area contributed by atoms with Crippen molar-refractivity contribution in [1.82, 2.24) is 5.32 Å². The fourth-order valence-corrected chi connectivity index (χ4v) is 1.93. The van der Waals surface area contributed by atoms with E-state index >= 15 is 0 Å². The number of oxime groups is 1. The standard InChI is InChI=1S/C10H21N3O/c1-8(10(11)13-14)12-7-9-5-3-2-4-6-9/h8-9,12,14H,2-7H2,1H3,(H2,11,13). The first-order valence-electron chi connectivity index (χ1n) is 5.45. The molecule has 1 fully saturated rings. The Morgan fingerprint density at radius 3 is 2.71 bits per heavy atom. The van der Waals surface area contributed by atoms with Gasteiger partial charge in [0.25, 0.3) is 0 Å². The fraction of sp³-hybridized carbons (Fsp3) is 0.900. The topological polar surface area (TPSA) is 70.6 Å². The van der Waals surface area contributed by atoms with Crippen LogP contribution in [0.3, 0.4) is 0 Å². The van der Waals surface area contributed by atoms with E-state index in [1.54, 1.807) is 0 Å². The van der Waals surface area contributed by atoms with Crippen LogP contribution in [-0.4, -0.2) is 23.6 Å². The first-order chi connectivity index (χ1) is 6.74. The molecule has 4 nitrogen and oxygen atoms in total. The molecule has 0 aromatic heterocycles. The predicted molar refractivity (Wildman–Crippen MR) is 57.4 cm³/mol. The zero-order valence-electron chi connectivity index (χ0n) is 8.87. The van der Waals surface area contributed by atoms with Gasteiger partial charge in [-0.2, -0.15) is 0 Å². The molecule has 0 heterocycles. The van der Waals surface area contributed by atoms with Gasteiger partial charge in [-0.25, -0.2) is 0 Å². The predicted octanol–water partition coefficient (Wildman–Crippen LogP) is 1.29. The number of amidine groups is 1. The van der Waals surface area contributed by atoms with Crippen molar-refractivity contribution >= 4 is 5.84 Å². The monoisotopic (exact) mass is 199 g/mol. The van der Waals surface area contributed by atoms with Gasteiger partial charge in [-0.1, -0.05) is 24.4 Å². The van der Waals surface area contributed by atoms with Crippen LogP contribution in [0.5, 0.6) is 0 Å². The molecule has 1 aliphatic carbocycles. The van der Waals surface area contributed by atoms with Gasteiger partial charge in [0.2, 0.25) is 0 Å². The van der Waals surface area contributed by atoms with Gasteiger partial charge in [0.1, 0.15) is 0 Å². The molecule has 1 unspecified atom stereocenters. The molecule has 1 rings (SSSR count). The Kier molecular flexibility index (Phi) is 4.73. The first kappa shape index (κ1) is 11.3. The first-order valence-corrected chi connectivity index (χ1v) is 5.45. The van der Waals surface area contributed by atoms with Crippen LogP contribution >= 0.6 is 0 Å². The smallest absolute Gasteiger partial charge is 0.156 e. The molecule has 1 atom stereocenters. The molecule has 4 N–H and O–H groups in total. The lowest BCUT2D eigenvalue weighted by Gasteiger charge is -2.23. The van der Waals surface area contributed by atoms with Crippen LogP contribution in [0.1, 0.15) is 39.0 Å². The van der Waals surface area contributed by atoms with E-state index < -0.39 is 0 Å². The number of hydrogen-bond donors (Lipinski definition) is 3. The molecule has 0 amide bonds. The Hall–Kier alpha value is -0.770. The van der Waals surface area contributed by atoms with Gasteiger partial charge in [-0.15, -0.1) is 0 Å². The minimum Gasteiger partial charge on any atom is -0.409 e. The summed E-state index contributed by atoms with van der Waals surface area (Å²) in [6.07, 6.45) is 6.71.